The zero-order valence-corrected chi connectivity index (χ0v) is 17.8. The van der Waals surface area contributed by atoms with Crippen LogP contribution in [0.2, 0.25) is 5.02 Å². The Morgan fingerprint density at radius 3 is 2.79 bits per heavy atom. The van der Waals surface area contributed by atoms with E-state index in [4.69, 9.17) is 16.0 Å². The zero-order valence-electron chi connectivity index (χ0n) is 16.3. The van der Waals surface area contributed by atoms with Crippen LogP contribution in [0.15, 0.2) is 34.1 Å². The number of likely N-dealkylation sites (tertiary alicyclic amines) is 1. The minimum Gasteiger partial charge on any atom is -0.451 e. The predicted molar refractivity (Wildman–Crippen MR) is 116 cm³/mol. The quantitative estimate of drug-likeness (QED) is 0.578. The van der Waals surface area contributed by atoms with Crippen LogP contribution in [0.3, 0.4) is 0 Å². The number of thiophene rings is 1. The number of hydrogen-bond donors (Lipinski definition) is 1. The Kier molecular flexibility index (Phi) is 5.76. The van der Waals surface area contributed by atoms with Crippen molar-refractivity contribution in [1.29, 1.82) is 0 Å². The van der Waals surface area contributed by atoms with E-state index >= 15 is 0 Å². The summed E-state index contributed by atoms with van der Waals surface area (Å²) in [5, 5.41) is 6.80. The SMILES string of the molecule is Cc1cc2oc(C(=O)NC[C@H](c3cccs3)N3CCCCC3)c(C)c2cc1Cl. The molecule has 0 saturated carbocycles. The largest absolute Gasteiger partial charge is 0.451 e. The lowest BCUT2D eigenvalue weighted by molar-refractivity contribution is 0.0899. The third-order valence-corrected chi connectivity index (χ3v) is 6.96. The second kappa shape index (κ2) is 8.27. The van der Waals surface area contributed by atoms with Crippen LogP contribution in [0, 0.1) is 13.8 Å². The first-order valence-electron chi connectivity index (χ1n) is 9.79. The molecule has 4 rings (SSSR count). The third-order valence-electron chi connectivity index (χ3n) is 5.58. The van der Waals surface area contributed by atoms with Crippen molar-refractivity contribution < 1.29 is 9.21 Å². The highest BCUT2D eigenvalue weighted by atomic mass is 35.5. The van der Waals surface area contributed by atoms with Gasteiger partial charge in [0.25, 0.3) is 5.91 Å². The van der Waals surface area contributed by atoms with Crippen molar-refractivity contribution in [2.24, 2.45) is 0 Å². The number of nitrogens with zero attached hydrogens (tertiary/aromatic N) is 1. The second-order valence-electron chi connectivity index (χ2n) is 7.49. The number of hydrogen-bond acceptors (Lipinski definition) is 4. The molecule has 3 heterocycles. The number of halogens is 1. The molecule has 0 bridgehead atoms. The van der Waals surface area contributed by atoms with Gasteiger partial charge < -0.3 is 9.73 Å². The Hall–Kier alpha value is -1.82. The standard InChI is InChI=1S/C22H25ClN2O2S/c1-14-11-19-16(12-17(14)23)15(2)21(27-19)22(26)24-13-18(20-7-6-10-28-20)25-8-4-3-5-9-25/h6-7,10-12,18H,3-5,8-9,13H2,1-2H3,(H,24,26)/t18-/m1/s1. The Morgan fingerprint density at radius 2 is 2.07 bits per heavy atom. The number of furan rings is 1. The number of benzene rings is 1. The molecule has 1 aliphatic rings. The van der Waals surface area contributed by atoms with Crippen LogP contribution in [0.1, 0.15) is 51.9 Å². The van der Waals surface area contributed by atoms with E-state index < -0.39 is 0 Å². The first-order chi connectivity index (χ1) is 13.5. The maximum Gasteiger partial charge on any atom is 0.287 e. The molecule has 6 heteroatoms. The molecular formula is C22H25ClN2O2S. The molecule has 1 N–H and O–H groups in total. The Labute approximate surface area is 174 Å². The maximum absolute atomic E-state index is 12.9. The summed E-state index contributed by atoms with van der Waals surface area (Å²) in [5.41, 5.74) is 2.48. The van der Waals surface area contributed by atoms with E-state index in [9.17, 15) is 4.79 Å². The zero-order chi connectivity index (χ0) is 19.7. The first-order valence-corrected chi connectivity index (χ1v) is 11.0. The summed E-state index contributed by atoms with van der Waals surface area (Å²) < 4.78 is 5.88. The summed E-state index contributed by atoms with van der Waals surface area (Å²) in [6, 6.07) is 8.22. The smallest absolute Gasteiger partial charge is 0.287 e. The third kappa shape index (κ3) is 3.84. The normalized spacial score (nSPS) is 16.4. The molecule has 1 amide bonds. The van der Waals surface area contributed by atoms with Crippen LogP contribution >= 0.6 is 22.9 Å². The molecule has 0 aliphatic carbocycles. The van der Waals surface area contributed by atoms with Gasteiger partial charge in [0.05, 0.1) is 6.04 Å². The van der Waals surface area contributed by atoms with Gasteiger partial charge in [-0.05, 0) is 68.9 Å². The number of aryl methyl sites for hydroxylation is 2. The van der Waals surface area contributed by atoms with Crippen molar-refractivity contribution in [3.8, 4) is 0 Å². The van der Waals surface area contributed by atoms with E-state index in [1.807, 2.05) is 26.0 Å². The molecule has 1 fully saturated rings. The van der Waals surface area contributed by atoms with Crippen molar-refractivity contribution in [3.05, 3.63) is 56.4 Å². The van der Waals surface area contributed by atoms with Crippen LogP contribution in [0.4, 0.5) is 0 Å². The topological polar surface area (TPSA) is 45.5 Å². The summed E-state index contributed by atoms with van der Waals surface area (Å²) >= 11 is 8.00. The molecule has 28 heavy (non-hydrogen) atoms. The molecule has 1 aromatic carbocycles. The average molecular weight is 417 g/mol. The van der Waals surface area contributed by atoms with Gasteiger partial charge in [-0.25, -0.2) is 0 Å². The van der Waals surface area contributed by atoms with Gasteiger partial charge in [0.15, 0.2) is 5.76 Å². The van der Waals surface area contributed by atoms with Crippen LogP contribution in [0.5, 0.6) is 0 Å². The van der Waals surface area contributed by atoms with Crippen molar-refractivity contribution in [2.45, 2.75) is 39.2 Å². The number of carbonyl (C=O) groups excluding carboxylic acids is 1. The van der Waals surface area contributed by atoms with Gasteiger partial charge in [0.2, 0.25) is 0 Å². The highest BCUT2D eigenvalue weighted by Gasteiger charge is 2.25. The van der Waals surface area contributed by atoms with E-state index in [2.05, 4.69) is 27.7 Å². The first kappa shape index (κ1) is 19.5. The molecule has 3 aromatic rings. The van der Waals surface area contributed by atoms with Crippen molar-refractivity contribution in [3.63, 3.8) is 0 Å². The summed E-state index contributed by atoms with van der Waals surface area (Å²) in [7, 11) is 0. The fourth-order valence-corrected chi connectivity index (χ4v) is 4.97. The molecule has 0 radical (unpaired) electrons. The second-order valence-corrected chi connectivity index (χ2v) is 8.88. The monoisotopic (exact) mass is 416 g/mol. The highest BCUT2D eigenvalue weighted by Crippen LogP contribution is 2.31. The fraction of sp³-hybridized carbons (Fsp3) is 0.409. The van der Waals surface area contributed by atoms with Gasteiger partial charge in [-0.3, -0.25) is 9.69 Å². The summed E-state index contributed by atoms with van der Waals surface area (Å²) in [5.74, 6) is 0.210. The molecule has 0 unspecified atom stereocenters. The molecule has 148 valence electrons. The van der Waals surface area contributed by atoms with E-state index in [1.165, 1.54) is 24.1 Å². The summed E-state index contributed by atoms with van der Waals surface area (Å²) in [6.07, 6.45) is 3.73. The van der Waals surface area contributed by atoms with E-state index in [-0.39, 0.29) is 11.9 Å². The predicted octanol–water partition coefficient (Wildman–Crippen LogP) is 5.72. The van der Waals surface area contributed by atoms with Gasteiger partial charge >= 0.3 is 0 Å². The van der Waals surface area contributed by atoms with Crippen LogP contribution in [0.25, 0.3) is 11.0 Å². The Balaban J connectivity index is 1.53. The van der Waals surface area contributed by atoms with Crippen LogP contribution in [-0.2, 0) is 0 Å². The maximum atomic E-state index is 12.9. The number of fused-ring (bicyclic) bond motifs is 1. The molecule has 1 saturated heterocycles. The lowest BCUT2D eigenvalue weighted by atomic mass is 10.1. The number of carbonyl (C=O) groups is 1. The van der Waals surface area contributed by atoms with Crippen molar-refractivity contribution in [2.75, 3.05) is 19.6 Å². The molecule has 4 nitrogen and oxygen atoms in total. The molecular weight excluding hydrogens is 392 g/mol. The minimum atomic E-state index is -0.166. The number of rotatable bonds is 5. The average Bonchev–Trinajstić information content (AvgIpc) is 3.33. The summed E-state index contributed by atoms with van der Waals surface area (Å²) in [4.78, 5) is 16.7. The highest BCUT2D eigenvalue weighted by molar-refractivity contribution is 7.10. The number of amides is 1. The lowest BCUT2D eigenvalue weighted by Gasteiger charge is -2.34. The van der Waals surface area contributed by atoms with E-state index in [1.54, 1.807) is 11.3 Å². The summed E-state index contributed by atoms with van der Waals surface area (Å²) in [6.45, 7) is 6.59. The van der Waals surface area contributed by atoms with E-state index in [0.29, 0.717) is 22.9 Å². The Morgan fingerprint density at radius 1 is 1.29 bits per heavy atom. The molecule has 2 aromatic heterocycles. The van der Waals surface area contributed by atoms with E-state index in [0.717, 1.165) is 29.6 Å². The van der Waals surface area contributed by atoms with Gasteiger partial charge in [-0.1, -0.05) is 24.1 Å². The van der Waals surface area contributed by atoms with Gasteiger partial charge in [-0.2, -0.15) is 0 Å². The van der Waals surface area contributed by atoms with Crippen LogP contribution in [-0.4, -0.2) is 30.4 Å². The number of nitrogens with one attached hydrogen (secondary N) is 1. The molecule has 1 atom stereocenters. The van der Waals surface area contributed by atoms with Gasteiger partial charge in [-0.15, -0.1) is 11.3 Å². The van der Waals surface area contributed by atoms with Gasteiger partial charge in [0, 0.05) is 27.4 Å². The van der Waals surface area contributed by atoms with Crippen molar-refractivity contribution >= 4 is 39.8 Å². The molecule has 1 aliphatic heterocycles. The van der Waals surface area contributed by atoms with Gasteiger partial charge in [0.1, 0.15) is 5.58 Å². The molecule has 0 spiro atoms. The Bertz CT molecular complexity index is 974. The van der Waals surface area contributed by atoms with Crippen molar-refractivity contribution in [1.82, 2.24) is 10.2 Å². The minimum absolute atomic E-state index is 0.166. The number of piperidine rings is 1. The van der Waals surface area contributed by atoms with Crippen LogP contribution < -0.4 is 5.32 Å². The fourth-order valence-electron chi connectivity index (χ4n) is 3.95. The lowest BCUT2D eigenvalue weighted by Crippen LogP contribution is -2.40.